The topological polar surface area (TPSA) is 38.1 Å². The van der Waals surface area contributed by atoms with Crippen molar-refractivity contribution in [3.05, 3.63) is 53.6 Å². The van der Waals surface area contributed by atoms with E-state index in [4.69, 9.17) is 0 Å². The lowest BCUT2D eigenvalue weighted by atomic mass is 10.0. The third kappa shape index (κ3) is 2.74. The molecule has 90 valence electrons. The molecule has 0 spiro atoms. The molecule has 1 aromatic carbocycles. The van der Waals surface area contributed by atoms with Crippen LogP contribution in [-0.2, 0) is 19.9 Å². The molecule has 17 heavy (non-hydrogen) atoms. The maximum atomic E-state index is 10.1. The zero-order valence-electron chi connectivity index (χ0n) is 10.3. The molecule has 1 unspecified atom stereocenters. The number of nitrogens with zero attached hydrogens (tertiary/aromatic N) is 2. The third-order valence-electron chi connectivity index (χ3n) is 3.07. The average Bonchev–Trinajstić information content (AvgIpc) is 2.75. The fourth-order valence-electron chi connectivity index (χ4n) is 1.86. The van der Waals surface area contributed by atoms with Crippen LogP contribution in [0.4, 0.5) is 0 Å². The summed E-state index contributed by atoms with van der Waals surface area (Å²) in [5, 5.41) is 10.1. The van der Waals surface area contributed by atoms with E-state index in [1.807, 2.05) is 29.9 Å². The van der Waals surface area contributed by atoms with E-state index < -0.39 is 6.10 Å². The Hall–Kier alpha value is -1.61. The van der Waals surface area contributed by atoms with E-state index in [-0.39, 0.29) is 0 Å². The maximum Gasteiger partial charge on any atom is 0.111 e. The van der Waals surface area contributed by atoms with Crippen LogP contribution in [0.25, 0.3) is 0 Å². The molecule has 0 saturated carbocycles. The van der Waals surface area contributed by atoms with Gasteiger partial charge in [-0.15, -0.1) is 0 Å². The molecule has 0 aliphatic rings. The predicted octanol–water partition coefficient (Wildman–Crippen LogP) is 2.26. The van der Waals surface area contributed by atoms with E-state index in [1.54, 1.807) is 6.20 Å². The number of aryl methyl sites for hydroxylation is 2. The first-order valence-corrected chi connectivity index (χ1v) is 5.93. The Labute approximate surface area is 102 Å². The molecule has 0 bridgehead atoms. The Morgan fingerprint density at radius 1 is 1.29 bits per heavy atom. The SMILES string of the molecule is CCc1ccc(C(O)Cc2nccn2C)cc1. The molecule has 1 aromatic heterocycles. The molecular formula is C14H18N2O. The Bertz CT molecular complexity index is 473. The molecule has 0 radical (unpaired) electrons. The van der Waals surface area contributed by atoms with Gasteiger partial charge < -0.3 is 9.67 Å². The van der Waals surface area contributed by atoms with Crippen molar-refractivity contribution < 1.29 is 5.11 Å². The van der Waals surface area contributed by atoms with Gasteiger partial charge >= 0.3 is 0 Å². The lowest BCUT2D eigenvalue weighted by Crippen LogP contribution is -2.06. The van der Waals surface area contributed by atoms with Crippen LogP contribution in [0.5, 0.6) is 0 Å². The summed E-state index contributed by atoms with van der Waals surface area (Å²) in [5.41, 5.74) is 2.24. The smallest absolute Gasteiger partial charge is 0.111 e. The van der Waals surface area contributed by atoms with Crippen molar-refractivity contribution in [3.8, 4) is 0 Å². The van der Waals surface area contributed by atoms with Gasteiger partial charge in [0.2, 0.25) is 0 Å². The zero-order chi connectivity index (χ0) is 12.3. The fourth-order valence-corrected chi connectivity index (χ4v) is 1.86. The average molecular weight is 230 g/mol. The second-order valence-corrected chi connectivity index (χ2v) is 4.27. The minimum absolute atomic E-state index is 0.484. The molecule has 2 aromatic rings. The largest absolute Gasteiger partial charge is 0.388 e. The van der Waals surface area contributed by atoms with E-state index >= 15 is 0 Å². The summed E-state index contributed by atoms with van der Waals surface area (Å²) < 4.78 is 1.93. The predicted molar refractivity (Wildman–Crippen MR) is 67.7 cm³/mol. The van der Waals surface area contributed by atoms with Crippen molar-refractivity contribution in [1.82, 2.24) is 9.55 Å². The first-order chi connectivity index (χ1) is 8.20. The number of aromatic nitrogens is 2. The van der Waals surface area contributed by atoms with Crippen LogP contribution in [-0.4, -0.2) is 14.7 Å². The molecule has 0 aliphatic carbocycles. The Morgan fingerprint density at radius 3 is 2.53 bits per heavy atom. The van der Waals surface area contributed by atoms with Gasteiger partial charge in [-0.05, 0) is 17.5 Å². The number of benzene rings is 1. The number of rotatable bonds is 4. The van der Waals surface area contributed by atoms with Crippen LogP contribution in [0.15, 0.2) is 36.7 Å². The first kappa shape index (κ1) is 11.9. The summed E-state index contributed by atoms with van der Waals surface area (Å²) in [6, 6.07) is 8.12. The molecule has 0 aliphatic heterocycles. The summed E-state index contributed by atoms with van der Waals surface area (Å²) in [6.45, 7) is 2.12. The third-order valence-corrected chi connectivity index (χ3v) is 3.07. The minimum atomic E-state index is -0.484. The normalized spacial score (nSPS) is 12.6. The van der Waals surface area contributed by atoms with Gasteiger partial charge in [0.05, 0.1) is 6.10 Å². The summed E-state index contributed by atoms with van der Waals surface area (Å²) >= 11 is 0. The first-order valence-electron chi connectivity index (χ1n) is 5.93. The number of aliphatic hydroxyl groups is 1. The quantitative estimate of drug-likeness (QED) is 0.875. The molecular weight excluding hydrogens is 212 g/mol. The van der Waals surface area contributed by atoms with Gasteiger partial charge in [-0.2, -0.15) is 0 Å². The Morgan fingerprint density at radius 2 is 2.00 bits per heavy atom. The maximum absolute atomic E-state index is 10.1. The van der Waals surface area contributed by atoms with Crippen LogP contribution >= 0.6 is 0 Å². The van der Waals surface area contributed by atoms with Crippen LogP contribution in [0.2, 0.25) is 0 Å². The van der Waals surface area contributed by atoms with Crippen LogP contribution in [0, 0.1) is 0 Å². The molecule has 3 heteroatoms. The summed E-state index contributed by atoms with van der Waals surface area (Å²) in [5.74, 6) is 0.900. The van der Waals surface area contributed by atoms with Gasteiger partial charge in [0, 0.05) is 25.9 Å². The lowest BCUT2D eigenvalue weighted by molar-refractivity contribution is 0.175. The van der Waals surface area contributed by atoms with E-state index in [0.29, 0.717) is 6.42 Å². The highest BCUT2D eigenvalue weighted by molar-refractivity contribution is 5.24. The summed E-state index contributed by atoms with van der Waals surface area (Å²) in [4.78, 5) is 4.22. The lowest BCUT2D eigenvalue weighted by Gasteiger charge is -2.11. The van der Waals surface area contributed by atoms with Gasteiger partial charge in [0.15, 0.2) is 0 Å². The van der Waals surface area contributed by atoms with Crippen molar-refractivity contribution in [2.24, 2.45) is 7.05 Å². The monoisotopic (exact) mass is 230 g/mol. The number of hydrogen-bond acceptors (Lipinski definition) is 2. The van der Waals surface area contributed by atoms with Gasteiger partial charge in [0.1, 0.15) is 5.82 Å². The van der Waals surface area contributed by atoms with Crippen LogP contribution in [0.1, 0.15) is 30.0 Å². The fraction of sp³-hybridized carbons (Fsp3) is 0.357. The van der Waals surface area contributed by atoms with Gasteiger partial charge in [-0.1, -0.05) is 31.2 Å². The highest BCUT2D eigenvalue weighted by Gasteiger charge is 2.11. The second-order valence-electron chi connectivity index (χ2n) is 4.27. The van der Waals surface area contributed by atoms with E-state index in [1.165, 1.54) is 5.56 Å². The molecule has 2 rings (SSSR count). The summed E-state index contributed by atoms with van der Waals surface area (Å²) in [7, 11) is 1.94. The van der Waals surface area contributed by atoms with Crippen LogP contribution < -0.4 is 0 Å². The van der Waals surface area contributed by atoms with Crippen molar-refractivity contribution in [2.75, 3.05) is 0 Å². The molecule has 0 fully saturated rings. The van der Waals surface area contributed by atoms with E-state index in [0.717, 1.165) is 17.8 Å². The van der Waals surface area contributed by atoms with Crippen LogP contribution in [0.3, 0.4) is 0 Å². The van der Waals surface area contributed by atoms with Gasteiger partial charge in [-0.3, -0.25) is 0 Å². The molecule has 1 atom stereocenters. The zero-order valence-corrected chi connectivity index (χ0v) is 10.3. The van der Waals surface area contributed by atoms with Crippen molar-refractivity contribution >= 4 is 0 Å². The van der Waals surface area contributed by atoms with Crippen molar-refractivity contribution in [2.45, 2.75) is 25.9 Å². The van der Waals surface area contributed by atoms with E-state index in [9.17, 15) is 5.11 Å². The number of hydrogen-bond donors (Lipinski definition) is 1. The molecule has 0 amide bonds. The molecule has 3 nitrogen and oxygen atoms in total. The molecule has 1 N–H and O–H groups in total. The van der Waals surface area contributed by atoms with Gasteiger partial charge in [0.25, 0.3) is 0 Å². The van der Waals surface area contributed by atoms with Gasteiger partial charge in [-0.25, -0.2) is 4.98 Å². The standard InChI is InChI=1S/C14H18N2O/c1-3-11-4-6-12(7-5-11)13(17)10-14-15-8-9-16(14)2/h4-9,13,17H,3,10H2,1-2H3. The Kier molecular flexibility index (Phi) is 3.59. The van der Waals surface area contributed by atoms with Crippen molar-refractivity contribution in [3.63, 3.8) is 0 Å². The summed E-state index contributed by atoms with van der Waals surface area (Å²) in [6.07, 6.45) is 4.73. The highest BCUT2D eigenvalue weighted by Crippen LogP contribution is 2.18. The second kappa shape index (κ2) is 5.15. The van der Waals surface area contributed by atoms with E-state index in [2.05, 4.69) is 24.0 Å². The number of aliphatic hydroxyl groups excluding tert-OH is 1. The molecule has 1 heterocycles. The number of imidazole rings is 1. The Balaban J connectivity index is 2.09. The molecule has 0 saturated heterocycles. The minimum Gasteiger partial charge on any atom is -0.388 e. The highest BCUT2D eigenvalue weighted by atomic mass is 16.3. The van der Waals surface area contributed by atoms with Crippen molar-refractivity contribution in [1.29, 1.82) is 0 Å².